The molecule has 0 aliphatic carbocycles. The first-order valence-corrected chi connectivity index (χ1v) is 10.7. The molecule has 2 atom stereocenters. The largest absolute Gasteiger partial charge is 0.497 e. The Hall–Kier alpha value is -2.98. The summed E-state index contributed by atoms with van der Waals surface area (Å²) in [6.07, 6.45) is -0.394. The highest BCUT2D eigenvalue weighted by molar-refractivity contribution is 6.15. The number of carbonyl (C=O) groups excluding carboxylic acids is 4. The molecular formula is C23H33N3O7. The summed E-state index contributed by atoms with van der Waals surface area (Å²) in [7, 11) is 2.72. The molecule has 0 saturated carbocycles. The van der Waals surface area contributed by atoms with Crippen LogP contribution in [0.4, 0.5) is 0 Å². The summed E-state index contributed by atoms with van der Waals surface area (Å²) < 4.78 is 15.2. The van der Waals surface area contributed by atoms with Crippen LogP contribution < -0.4 is 15.8 Å². The van der Waals surface area contributed by atoms with E-state index in [9.17, 15) is 19.2 Å². The Morgan fingerprint density at radius 1 is 1.15 bits per heavy atom. The highest BCUT2D eigenvalue weighted by Gasteiger charge is 2.53. The summed E-state index contributed by atoms with van der Waals surface area (Å²) in [4.78, 5) is 52.6. The summed E-state index contributed by atoms with van der Waals surface area (Å²) in [6, 6.07) is 5.93. The zero-order valence-electron chi connectivity index (χ0n) is 19.8. The lowest BCUT2D eigenvalue weighted by molar-refractivity contribution is -0.164. The lowest BCUT2D eigenvalue weighted by Gasteiger charge is -2.41. The van der Waals surface area contributed by atoms with Gasteiger partial charge in [-0.1, -0.05) is 12.1 Å². The first-order chi connectivity index (χ1) is 15.4. The van der Waals surface area contributed by atoms with Gasteiger partial charge in [0.25, 0.3) is 5.91 Å². The van der Waals surface area contributed by atoms with E-state index in [-0.39, 0.29) is 26.1 Å². The zero-order chi connectivity index (χ0) is 24.8. The molecule has 1 heterocycles. The second kappa shape index (κ2) is 10.8. The standard InChI is InChI=1S/C23H33N3O7/c1-22(2,3)33-19(28)14-26-11-10-25-23(21(26)30,13-18(27)32-5)20(29)17(24)12-15-6-8-16(31-4)9-7-15/h6-9,17,25H,10-14,24H2,1-5H3/t17-,23?/m0/s1. The Labute approximate surface area is 193 Å². The molecule has 10 heteroatoms. The molecule has 1 amide bonds. The van der Waals surface area contributed by atoms with E-state index in [2.05, 4.69) is 5.32 Å². The molecule has 0 bridgehead atoms. The van der Waals surface area contributed by atoms with Gasteiger partial charge in [0.1, 0.15) is 17.9 Å². The highest BCUT2D eigenvalue weighted by atomic mass is 16.6. The van der Waals surface area contributed by atoms with Crippen molar-refractivity contribution in [1.82, 2.24) is 10.2 Å². The van der Waals surface area contributed by atoms with Gasteiger partial charge >= 0.3 is 11.9 Å². The number of rotatable bonds is 9. The van der Waals surface area contributed by atoms with E-state index in [1.165, 1.54) is 12.0 Å². The fourth-order valence-corrected chi connectivity index (χ4v) is 3.66. The third-order valence-electron chi connectivity index (χ3n) is 5.21. The van der Waals surface area contributed by atoms with E-state index >= 15 is 0 Å². The maximum absolute atomic E-state index is 13.5. The minimum Gasteiger partial charge on any atom is -0.497 e. The summed E-state index contributed by atoms with van der Waals surface area (Å²) in [6.45, 7) is 5.16. The first-order valence-electron chi connectivity index (χ1n) is 10.7. The molecule has 1 saturated heterocycles. The van der Waals surface area contributed by atoms with Crippen LogP contribution in [0.2, 0.25) is 0 Å². The first kappa shape index (κ1) is 26.3. The molecule has 1 fully saturated rings. The number of amides is 1. The van der Waals surface area contributed by atoms with Crippen LogP contribution in [0.5, 0.6) is 5.75 Å². The minimum atomic E-state index is -1.93. The van der Waals surface area contributed by atoms with Crippen LogP contribution >= 0.6 is 0 Å². The third kappa shape index (κ3) is 6.75. The molecule has 1 aliphatic rings. The van der Waals surface area contributed by atoms with Crippen LogP contribution in [0.15, 0.2) is 24.3 Å². The minimum absolute atomic E-state index is 0.146. The van der Waals surface area contributed by atoms with E-state index in [4.69, 9.17) is 19.9 Å². The maximum Gasteiger partial charge on any atom is 0.326 e. The number of benzene rings is 1. The van der Waals surface area contributed by atoms with Gasteiger partial charge in [-0.2, -0.15) is 0 Å². The number of ketones is 1. The molecule has 33 heavy (non-hydrogen) atoms. The molecule has 1 aliphatic heterocycles. The van der Waals surface area contributed by atoms with Gasteiger partial charge in [0.15, 0.2) is 11.3 Å². The fourth-order valence-electron chi connectivity index (χ4n) is 3.66. The van der Waals surface area contributed by atoms with Crippen molar-refractivity contribution in [3.8, 4) is 5.75 Å². The molecule has 182 valence electrons. The number of piperazine rings is 1. The van der Waals surface area contributed by atoms with E-state index < -0.39 is 47.2 Å². The molecule has 0 radical (unpaired) electrons. The number of methoxy groups -OCH3 is 2. The maximum atomic E-state index is 13.5. The molecule has 3 N–H and O–H groups in total. The summed E-state index contributed by atoms with van der Waals surface area (Å²) in [5.74, 6) is -2.06. The number of hydrogen-bond donors (Lipinski definition) is 2. The molecule has 1 aromatic carbocycles. The predicted octanol–water partition coefficient (Wildman–Crippen LogP) is 0.210. The number of Topliss-reactive ketones (excluding diaryl/α,β-unsaturated/α-hetero) is 1. The Bertz CT molecular complexity index is 879. The van der Waals surface area contributed by atoms with Crippen LogP contribution in [0, 0.1) is 0 Å². The molecule has 1 unspecified atom stereocenters. The highest BCUT2D eigenvalue weighted by Crippen LogP contribution is 2.24. The lowest BCUT2D eigenvalue weighted by Crippen LogP contribution is -2.72. The van der Waals surface area contributed by atoms with Gasteiger partial charge < -0.3 is 24.8 Å². The monoisotopic (exact) mass is 463 g/mol. The number of nitrogens with one attached hydrogen (secondary N) is 1. The Morgan fingerprint density at radius 3 is 2.33 bits per heavy atom. The van der Waals surface area contributed by atoms with E-state index in [0.29, 0.717) is 5.75 Å². The van der Waals surface area contributed by atoms with Crippen LogP contribution in [0.25, 0.3) is 0 Å². The van der Waals surface area contributed by atoms with Crippen LogP contribution in [-0.4, -0.2) is 79.6 Å². The quantitative estimate of drug-likeness (QED) is 0.389. The Morgan fingerprint density at radius 2 is 1.79 bits per heavy atom. The van der Waals surface area contributed by atoms with E-state index in [1.54, 1.807) is 52.1 Å². The van der Waals surface area contributed by atoms with Crippen LogP contribution in [0.3, 0.4) is 0 Å². The topological polar surface area (TPSA) is 137 Å². The number of nitrogens with zero attached hydrogens (tertiary/aromatic N) is 1. The molecular weight excluding hydrogens is 430 g/mol. The van der Waals surface area contributed by atoms with Gasteiger partial charge in [-0.25, -0.2) is 0 Å². The van der Waals surface area contributed by atoms with Crippen molar-refractivity contribution in [2.45, 2.75) is 50.8 Å². The van der Waals surface area contributed by atoms with Crippen molar-refractivity contribution >= 4 is 23.6 Å². The number of carbonyl (C=O) groups is 4. The normalized spacial score (nSPS) is 19.6. The molecule has 0 spiro atoms. The van der Waals surface area contributed by atoms with Crippen LogP contribution in [0.1, 0.15) is 32.8 Å². The average molecular weight is 464 g/mol. The van der Waals surface area contributed by atoms with Gasteiger partial charge in [-0.05, 0) is 44.9 Å². The average Bonchev–Trinajstić information content (AvgIpc) is 2.75. The number of nitrogens with two attached hydrogens (primary N) is 1. The second-order valence-electron chi connectivity index (χ2n) is 8.92. The zero-order valence-corrected chi connectivity index (χ0v) is 19.8. The van der Waals surface area contributed by atoms with Crippen molar-refractivity contribution in [1.29, 1.82) is 0 Å². The summed E-state index contributed by atoms with van der Waals surface area (Å²) in [5, 5.41) is 2.89. The summed E-state index contributed by atoms with van der Waals surface area (Å²) >= 11 is 0. The van der Waals surface area contributed by atoms with Gasteiger partial charge in [-0.3, -0.25) is 24.5 Å². The second-order valence-corrected chi connectivity index (χ2v) is 8.92. The third-order valence-corrected chi connectivity index (χ3v) is 5.21. The predicted molar refractivity (Wildman–Crippen MR) is 119 cm³/mol. The van der Waals surface area contributed by atoms with E-state index in [0.717, 1.165) is 5.56 Å². The number of hydrogen-bond acceptors (Lipinski definition) is 9. The molecule has 10 nitrogen and oxygen atoms in total. The van der Waals surface area contributed by atoms with E-state index in [1.807, 2.05) is 0 Å². The van der Waals surface area contributed by atoms with Crippen molar-refractivity contribution in [3.05, 3.63) is 29.8 Å². The lowest BCUT2D eigenvalue weighted by atomic mass is 9.81. The smallest absolute Gasteiger partial charge is 0.326 e. The fraction of sp³-hybridized carbons (Fsp3) is 0.565. The van der Waals surface area contributed by atoms with Crippen LogP contribution in [-0.2, 0) is 35.1 Å². The van der Waals surface area contributed by atoms with Gasteiger partial charge in [0.05, 0.1) is 26.7 Å². The van der Waals surface area contributed by atoms with Crippen molar-refractivity contribution < 1.29 is 33.4 Å². The van der Waals surface area contributed by atoms with Gasteiger partial charge in [0.2, 0.25) is 0 Å². The van der Waals surface area contributed by atoms with Gasteiger partial charge in [0, 0.05) is 13.1 Å². The Balaban J connectivity index is 2.27. The van der Waals surface area contributed by atoms with Crippen molar-refractivity contribution in [2.75, 3.05) is 33.9 Å². The van der Waals surface area contributed by atoms with Gasteiger partial charge in [-0.15, -0.1) is 0 Å². The molecule has 1 aromatic rings. The SMILES string of the molecule is COC(=O)CC1(C(=O)[C@@H](N)Cc2ccc(OC)cc2)NCCN(CC(=O)OC(C)(C)C)C1=O. The van der Waals surface area contributed by atoms with Crippen molar-refractivity contribution in [2.24, 2.45) is 5.73 Å². The molecule has 0 aromatic heterocycles. The number of ether oxygens (including phenoxy) is 3. The summed E-state index contributed by atoms with van der Waals surface area (Å²) in [5.41, 5.74) is 4.31. The Kier molecular flexibility index (Phi) is 8.57. The molecule has 2 rings (SSSR count). The number of esters is 2. The van der Waals surface area contributed by atoms with Crippen molar-refractivity contribution in [3.63, 3.8) is 0 Å².